The normalized spacial score (nSPS) is 10.3. The largest absolute Gasteiger partial charge is 0.457 e. The number of anilines is 1. The molecule has 0 saturated heterocycles. The Morgan fingerprint density at radius 1 is 1.05 bits per heavy atom. The van der Waals surface area contributed by atoms with Gasteiger partial charge in [0, 0.05) is 32.4 Å². The van der Waals surface area contributed by atoms with Crippen LogP contribution in [-0.2, 0) is 6.54 Å². The minimum atomic E-state index is 0.558. The second-order valence-corrected chi connectivity index (χ2v) is 4.79. The molecule has 0 saturated carbocycles. The first kappa shape index (κ1) is 13.4. The summed E-state index contributed by atoms with van der Waals surface area (Å²) < 4.78 is 5.88. The van der Waals surface area contributed by atoms with Gasteiger partial charge in [-0.1, -0.05) is 12.1 Å². The van der Waals surface area contributed by atoms with Gasteiger partial charge in [0.25, 0.3) is 0 Å². The number of nitrogens with zero attached hydrogens (tertiary/aromatic N) is 1. The molecule has 0 aliphatic rings. The van der Waals surface area contributed by atoms with E-state index in [1.54, 1.807) is 0 Å². The van der Waals surface area contributed by atoms with E-state index in [4.69, 9.17) is 10.5 Å². The van der Waals surface area contributed by atoms with E-state index in [1.807, 2.05) is 57.4 Å². The summed E-state index contributed by atoms with van der Waals surface area (Å²) in [5, 5.41) is 0. The van der Waals surface area contributed by atoms with Gasteiger partial charge in [0.05, 0.1) is 0 Å². The lowest BCUT2D eigenvalue weighted by molar-refractivity contribution is 0.482. The maximum atomic E-state index is 5.88. The van der Waals surface area contributed by atoms with E-state index in [9.17, 15) is 0 Å². The van der Waals surface area contributed by atoms with Gasteiger partial charge in [-0.15, -0.1) is 0 Å². The van der Waals surface area contributed by atoms with Gasteiger partial charge in [-0.2, -0.15) is 0 Å². The summed E-state index contributed by atoms with van der Waals surface area (Å²) in [5.74, 6) is 1.68. The Labute approximate surface area is 114 Å². The first-order valence-electron chi connectivity index (χ1n) is 6.35. The van der Waals surface area contributed by atoms with Crippen molar-refractivity contribution in [2.24, 2.45) is 5.73 Å². The summed E-state index contributed by atoms with van der Waals surface area (Å²) in [5.41, 5.74) is 9.08. The maximum Gasteiger partial charge on any atom is 0.129 e. The molecule has 2 rings (SSSR count). The lowest BCUT2D eigenvalue weighted by Gasteiger charge is -2.14. The van der Waals surface area contributed by atoms with Crippen LogP contribution in [0.4, 0.5) is 5.69 Å². The third-order valence-electron chi connectivity index (χ3n) is 3.10. The van der Waals surface area contributed by atoms with Crippen molar-refractivity contribution in [1.29, 1.82) is 0 Å². The Hall–Kier alpha value is -2.00. The summed E-state index contributed by atoms with van der Waals surface area (Å²) in [4.78, 5) is 2.05. The molecule has 0 amide bonds. The molecule has 3 nitrogen and oxygen atoms in total. The molecule has 0 fully saturated rings. The molecule has 2 aromatic rings. The predicted octanol–water partition coefficient (Wildman–Crippen LogP) is 3.31. The second kappa shape index (κ2) is 5.76. The molecule has 3 heteroatoms. The maximum absolute atomic E-state index is 5.88. The van der Waals surface area contributed by atoms with E-state index in [1.165, 1.54) is 0 Å². The minimum absolute atomic E-state index is 0.558. The lowest BCUT2D eigenvalue weighted by atomic mass is 10.1. The summed E-state index contributed by atoms with van der Waals surface area (Å²) in [7, 11) is 4.03. The van der Waals surface area contributed by atoms with Crippen molar-refractivity contribution >= 4 is 5.69 Å². The highest BCUT2D eigenvalue weighted by Crippen LogP contribution is 2.26. The quantitative estimate of drug-likeness (QED) is 0.912. The average Bonchev–Trinajstić information content (AvgIpc) is 2.39. The van der Waals surface area contributed by atoms with Crippen LogP contribution in [0.1, 0.15) is 11.1 Å². The van der Waals surface area contributed by atoms with Crippen molar-refractivity contribution in [2.75, 3.05) is 19.0 Å². The molecule has 19 heavy (non-hydrogen) atoms. The Bertz CT molecular complexity index is 564. The third kappa shape index (κ3) is 3.26. The smallest absolute Gasteiger partial charge is 0.129 e. The van der Waals surface area contributed by atoms with Crippen molar-refractivity contribution in [3.05, 3.63) is 53.6 Å². The predicted molar refractivity (Wildman–Crippen MR) is 79.9 cm³/mol. The molecule has 0 unspecified atom stereocenters. The standard InChI is InChI=1S/C16H20N2O/c1-12-9-16(8-7-13(12)11-17)19-15-6-4-5-14(10-15)18(2)3/h4-10H,11,17H2,1-3H3. The summed E-state index contributed by atoms with van der Waals surface area (Å²) in [6.07, 6.45) is 0. The number of aryl methyl sites for hydroxylation is 1. The summed E-state index contributed by atoms with van der Waals surface area (Å²) in [6.45, 7) is 2.60. The zero-order valence-electron chi connectivity index (χ0n) is 11.7. The van der Waals surface area contributed by atoms with E-state index in [2.05, 4.69) is 11.0 Å². The van der Waals surface area contributed by atoms with Crippen LogP contribution < -0.4 is 15.4 Å². The van der Waals surface area contributed by atoms with Gasteiger partial charge in [0.2, 0.25) is 0 Å². The van der Waals surface area contributed by atoms with E-state index in [-0.39, 0.29) is 0 Å². The van der Waals surface area contributed by atoms with Crippen LogP contribution in [-0.4, -0.2) is 14.1 Å². The van der Waals surface area contributed by atoms with Gasteiger partial charge in [-0.05, 0) is 42.3 Å². The van der Waals surface area contributed by atoms with Crippen molar-refractivity contribution in [1.82, 2.24) is 0 Å². The van der Waals surface area contributed by atoms with Crippen LogP contribution >= 0.6 is 0 Å². The Balaban J connectivity index is 2.21. The van der Waals surface area contributed by atoms with Crippen molar-refractivity contribution in [3.63, 3.8) is 0 Å². The van der Waals surface area contributed by atoms with Gasteiger partial charge in [-0.3, -0.25) is 0 Å². The molecule has 0 atom stereocenters. The van der Waals surface area contributed by atoms with Crippen molar-refractivity contribution < 1.29 is 4.74 Å². The van der Waals surface area contributed by atoms with E-state index < -0.39 is 0 Å². The molecule has 0 aliphatic carbocycles. The molecule has 0 bridgehead atoms. The Kier molecular flexibility index (Phi) is 4.07. The molecule has 0 heterocycles. The summed E-state index contributed by atoms with van der Waals surface area (Å²) in [6, 6.07) is 14.0. The van der Waals surface area contributed by atoms with Gasteiger partial charge in [0.15, 0.2) is 0 Å². The lowest BCUT2D eigenvalue weighted by Crippen LogP contribution is -2.08. The zero-order valence-corrected chi connectivity index (χ0v) is 11.7. The number of ether oxygens (including phenoxy) is 1. The molecule has 2 N–H and O–H groups in total. The van der Waals surface area contributed by atoms with Crippen LogP contribution in [0, 0.1) is 6.92 Å². The van der Waals surface area contributed by atoms with Crippen LogP contribution in [0.3, 0.4) is 0 Å². The number of rotatable bonds is 4. The van der Waals surface area contributed by atoms with Gasteiger partial charge >= 0.3 is 0 Å². The first-order valence-corrected chi connectivity index (χ1v) is 6.35. The van der Waals surface area contributed by atoms with Crippen molar-refractivity contribution in [2.45, 2.75) is 13.5 Å². The topological polar surface area (TPSA) is 38.5 Å². The van der Waals surface area contributed by atoms with Crippen molar-refractivity contribution in [3.8, 4) is 11.5 Å². The number of hydrogen-bond donors (Lipinski definition) is 1. The fourth-order valence-electron chi connectivity index (χ4n) is 1.92. The second-order valence-electron chi connectivity index (χ2n) is 4.79. The van der Waals surface area contributed by atoms with Crippen LogP contribution in [0.25, 0.3) is 0 Å². The Morgan fingerprint density at radius 2 is 1.79 bits per heavy atom. The molecule has 2 aromatic carbocycles. The van der Waals surface area contributed by atoms with Gasteiger partial charge < -0.3 is 15.4 Å². The molecule has 0 radical (unpaired) electrons. The fraction of sp³-hybridized carbons (Fsp3) is 0.250. The molecular formula is C16H20N2O. The Morgan fingerprint density at radius 3 is 2.42 bits per heavy atom. The van der Waals surface area contributed by atoms with Crippen LogP contribution in [0.5, 0.6) is 11.5 Å². The molecule has 100 valence electrons. The summed E-state index contributed by atoms with van der Waals surface area (Å²) >= 11 is 0. The number of nitrogens with two attached hydrogens (primary N) is 1. The SMILES string of the molecule is Cc1cc(Oc2cccc(N(C)C)c2)ccc1CN. The average molecular weight is 256 g/mol. The van der Waals surface area contributed by atoms with Gasteiger partial charge in [-0.25, -0.2) is 0 Å². The van der Waals surface area contributed by atoms with E-state index in [0.29, 0.717) is 6.54 Å². The van der Waals surface area contributed by atoms with Crippen LogP contribution in [0.15, 0.2) is 42.5 Å². The molecular weight excluding hydrogens is 236 g/mol. The molecule has 0 aromatic heterocycles. The molecule has 0 spiro atoms. The fourth-order valence-corrected chi connectivity index (χ4v) is 1.92. The van der Waals surface area contributed by atoms with E-state index >= 15 is 0 Å². The third-order valence-corrected chi connectivity index (χ3v) is 3.10. The first-order chi connectivity index (χ1) is 9.10. The highest BCUT2D eigenvalue weighted by molar-refractivity contribution is 5.50. The van der Waals surface area contributed by atoms with Gasteiger partial charge in [0.1, 0.15) is 11.5 Å². The van der Waals surface area contributed by atoms with Crippen LogP contribution in [0.2, 0.25) is 0 Å². The highest BCUT2D eigenvalue weighted by Gasteiger charge is 2.03. The monoisotopic (exact) mass is 256 g/mol. The molecule has 0 aliphatic heterocycles. The number of benzene rings is 2. The zero-order chi connectivity index (χ0) is 13.8. The number of hydrogen-bond acceptors (Lipinski definition) is 3. The minimum Gasteiger partial charge on any atom is -0.457 e. The van der Waals surface area contributed by atoms with E-state index in [0.717, 1.165) is 28.3 Å². The highest BCUT2D eigenvalue weighted by atomic mass is 16.5.